The van der Waals surface area contributed by atoms with Crippen LogP contribution in [0.1, 0.15) is 12.8 Å². The number of hydrogen-bond donors (Lipinski definition) is 2. The topological polar surface area (TPSA) is 89.0 Å². The zero-order valence-electron chi connectivity index (χ0n) is 10.8. The summed E-state index contributed by atoms with van der Waals surface area (Å²) in [4.78, 5) is 0. The highest BCUT2D eigenvalue weighted by Crippen LogP contribution is 2.30. The molecule has 106 valence electrons. The summed E-state index contributed by atoms with van der Waals surface area (Å²) in [5.41, 5.74) is 10.9. The van der Waals surface area contributed by atoms with Gasteiger partial charge in [0, 0.05) is 13.2 Å². The van der Waals surface area contributed by atoms with E-state index in [4.69, 9.17) is 30.4 Å². The summed E-state index contributed by atoms with van der Waals surface area (Å²) in [7, 11) is 0. The van der Waals surface area contributed by atoms with Crippen LogP contribution >= 0.6 is 0 Å². The molecule has 0 aromatic carbocycles. The van der Waals surface area contributed by atoms with Crippen molar-refractivity contribution in [1.82, 2.24) is 0 Å². The van der Waals surface area contributed by atoms with Gasteiger partial charge in [0.05, 0.1) is 13.2 Å². The molecule has 0 aromatic rings. The minimum atomic E-state index is 0.00523. The average Bonchev–Trinajstić information content (AvgIpc) is 2.94. The van der Waals surface area contributed by atoms with E-state index in [1.54, 1.807) is 0 Å². The van der Waals surface area contributed by atoms with Crippen LogP contribution in [0.4, 0.5) is 0 Å². The standard InChI is InChI=1S/C12H24N2O4/c13-3-1-5-15-9-7-17-12-10(8-18-11(9)12)16-6-2-4-14/h9-12H,1-8,13-14H2/t9-,10-,11+,12+/m0/s1. The average molecular weight is 260 g/mol. The van der Waals surface area contributed by atoms with E-state index in [-0.39, 0.29) is 24.4 Å². The molecule has 2 heterocycles. The van der Waals surface area contributed by atoms with Crippen LogP contribution in [0.3, 0.4) is 0 Å². The molecule has 2 saturated heterocycles. The van der Waals surface area contributed by atoms with Crippen molar-refractivity contribution < 1.29 is 18.9 Å². The van der Waals surface area contributed by atoms with E-state index in [2.05, 4.69) is 0 Å². The third-order valence-electron chi connectivity index (χ3n) is 3.32. The summed E-state index contributed by atoms with van der Waals surface area (Å²) in [6.45, 7) is 3.78. The molecule has 0 bridgehead atoms. The van der Waals surface area contributed by atoms with Gasteiger partial charge in [-0.2, -0.15) is 0 Å². The Morgan fingerprint density at radius 2 is 1.28 bits per heavy atom. The molecule has 0 radical (unpaired) electrons. The summed E-state index contributed by atoms with van der Waals surface area (Å²) < 4.78 is 22.9. The molecular weight excluding hydrogens is 236 g/mol. The van der Waals surface area contributed by atoms with Crippen LogP contribution in [0.15, 0.2) is 0 Å². The van der Waals surface area contributed by atoms with Gasteiger partial charge < -0.3 is 30.4 Å². The normalized spacial score (nSPS) is 35.0. The third-order valence-corrected chi connectivity index (χ3v) is 3.32. The van der Waals surface area contributed by atoms with Crippen molar-refractivity contribution in [3.63, 3.8) is 0 Å². The first-order valence-electron chi connectivity index (χ1n) is 6.73. The molecule has 0 aliphatic carbocycles. The Morgan fingerprint density at radius 1 is 0.833 bits per heavy atom. The second kappa shape index (κ2) is 7.37. The maximum Gasteiger partial charge on any atom is 0.115 e. The fraction of sp³-hybridized carbons (Fsp3) is 1.00. The van der Waals surface area contributed by atoms with Gasteiger partial charge in [0.25, 0.3) is 0 Å². The van der Waals surface area contributed by atoms with Gasteiger partial charge in [0.15, 0.2) is 0 Å². The number of hydrogen-bond acceptors (Lipinski definition) is 6. The summed E-state index contributed by atoms with van der Waals surface area (Å²) in [6.07, 6.45) is 1.78. The molecule has 2 rings (SSSR count). The van der Waals surface area contributed by atoms with Crippen molar-refractivity contribution in [3.8, 4) is 0 Å². The van der Waals surface area contributed by atoms with Gasteiger partial charge in [-0.25, -0.2) is 0 Å². The monoisotopic (exact) mass is 260 g/mol. The minimum absolute atomic E-state index is 0.00523. The maximum atomic E-state index is 5.73. The second-order valence-corrected chi connectivity index (χ2v) is 4.70. The molecule has 18 heavy (non-hydrogen) atoms. The van der Waals surface area contributed by atoms with Gasteiger partial charge in [-0.15, -0.1) is 0 Å². The molecule has 6 heteroatoms. The van der Waals surface area contributed by atoms with Gasteiger partial charge in [0.1, 0.15) is 24.4 Å². The highest BCUT2D eigenvalue weighted by molar-refractivity contribution is 4.95. The van der Waals surface area contributed by atoms with E-state index < -0.39 is 0 Å². The lowest BCUT2D eigenvalue weighted by Gasteiger charge is -2.17. The molecular formula is C12H24N2O4. The van der Waals surface area contributed by atoms with E-state index >= 15 is 0 Å². The van der Waals surface area contributed by atoms with Crippen LogP contribution in [0.5, 0.6) is 0 Å². The summed E-state index contributed by atoms with van der Waals surface area (Å²) >= 11 is 0. The zero-order chi connectivity index (χ0) is 12.8. The summed E-state index contributed by atoms with van der Waals surface area (Å²) in [5.74, 6) is 0. The molecule has 0 spiro atoms. The van der Waals surface area contributed by atoms with Crippen LogP contribution in [-0.4, -0.2) is 63.9 Å². The van der Waals surface area contributed by atoms with Crippen LogP contribution in [-0.2, 0) is 18.9 Å². The van der Waals surface area contributed by atoms with Crippen molar-refractivity contribution in [3.05, 3.63) is 0 Å². The number of nitrogens with two attached hydrogens (primary N) is 2. The van der Waals surface area contributed by atoms with E-state index in [9.17, 15) is 0 Å². The molecule has 2 aliphatic rings. The zero-order valence-corrected chi connectivity index (χ0v) is 10.8. The summed E-state index contributed by atoms with van der Waals surface area (Å²) in [6, 6.07) is 0. The quantitative estimate of drug-likeness (QED) is 0.558. The van der Waals surface area contributed by atoms with Crippen LogP contribution in [0.2, 0.25) is 0 Å². The van der Waals surface area contributed by atoms with E-state index in [0.29, 0.717) is 39.5 Å². The molecule has 4 atom stereocenters. The Kier molecular flexibility index (Phi) is 5.81. The lowest BCUT2D eigenvalue weighted by Crippen LogP contribution is -2.34. The maximum absolute atomic E-state index is 5.73. The van der Waals surface area contributed by atoms with Crippen LogP contribution in [0.25, 0.3) is 0 Å². The fourth-order valence-corrected chi connectivity index (χ4v) is 2.35. The van der Waals surface area contributed by atoms with Crippen LogP contribution < -0.4 is 11.5 Å². The van der Waals surface area contributed by atoms with Crippen molar-refractivity contribution in [2.24, 2.45) is 11.5 Å². The molecule has 6 nitrogen and oxygen atoms in total. The fourth-order valence-electron chi connectivity index (χ4n) is 2.35. The molecule has 0 unspecified atom stereocenters. The van der Waals surface area contributed by atoms with Gasteiger partial charge in [0.2, 0.25) is 0 Å². The first kappa shape index (κ1) is 14.2. The predicted octanol–water partition coefficient (Wildman–Crippen LogP) is -0.748. The lowest BCUT2D eigenvalue weighted by atomic mass is 10.1. The minimum Gasteiger partial charge on any atom is -0.373 e. The summed E-state index contributed by atoms with van der Waals surface area (Å²) in [5, 5.41) is 0. The highest BCUT2D eigenvalue weighted by atomic mass is 16.6. The largest absolute Gasteiger partial charge is 0.373 e. The van der Waals surface area contributed by atoms with Gasteiger partial charge in [-0.1, -0.05) is 0 Å². The molecule has 2 aliphatic heterocycles. The molecule has 0 amide bonds. The van der Waals surface area contributed by atoms with Gasteiger partial charge in [-0.05, 0) is 25.9 Å². The van der Waals surface area contributed by atoms with Crippen molar-refractivity contribution >= 4 is 0 Å². The first-order valence-corrected chi connectivity index (χ1v) is 6.73. The molecule has 2 fully saturated rings. The number of ether oxygens (including phenoxy) is 4. The molecule has 0 aromatic heterocycles. The van der Waals surface area contributed by atoms with E-state index in [0.717, 1.165) is 12.8 Å². The SMILES string of the molecule is NCCCO[C@H]1CO[C@H]2[C@@H]1OC[C@@H]2OCCCN. The first-order chi connectivity index (χ1) is 8.86. The third kappa shape index (κ3) is 3.40. The molecule has 0 saturated carbocycles. The Labute approximate surface area is 108 Å². The Hall–Kier alpha value is -0.240. The predicted molar refractivity (Wildman–Crippen MR) is 66.3 cm³/mol. The highest BCUT2D eigenvalue weighted by Gasteiger charge is 2.48. The van der Waals surface area contributed by atoms with E-state index in [1.165, 1.54) is 0 Å². The Bertz CT molecular complexity index is 218. The number of fused-ring (bicyclic) bond motifs is 1. The second-order valence-electron chi connectivity index (χ2n) is 4.70. The van der Waals surface area contributed by atoms with Gasteiger partial charge >= 0.3 is 0 Å². The van der Waals surface area contributed by atoms with Gasteiger partial charge in [-0.3, -0.25) is 0 Å². The number of rotatable bonds is 8. The molecule has 4 N–H and O–H groups in total. The van der Waals surface area contributed by atoms with Crippen LogP contribution in [0, 0.1) is 0 Å². The Balaban J connectivity index is 1.72. The van der Waals surface area contributed by atoms with E-state index in [1.807, 2.05) is 0 Å². The smallest absolute Gasteiger partial charge is 0.115 e. The van der Waals surface area contributed by atoms with Crippen molar-refractivity contribution in [2.75, 3.05) is 39.5 Å². The lowest BCUT2D eigenvalue weighted by molar-refractivity contribution is -0.0503. The van der Waals surface area contributed by atoms with Crippen molar-refractivity contribution in [2.45, 2.75) is 37.3 Å². The van der Waals surface area contributed by atoms with Crippen molar-refractivity contribution in [1.29, 1.82) is 0 Å². The Morgan fingerprint density at radius 3 is 1.67 bits per heavy atom.